The van der Waals surface area contributed by atoms with Gasteiger partial charge in [0.2, 0.25) is 0 Å². The molecule has 18 heavy (non-hydrogen) atoms. The second kappa shape index (κ2) is 5.48. The van der Waals surface area contributed by atoms with Gasteiger partial charge in [0.15, 0.2) is 0 Å². The van der Waals surface area contributed by atoms with Crippen molar-refractivity contribution < 1.29 is 4.74 Å². The Labute approximate surface area is 111 Å². The molecule has 0 saturated carbocycles. The number of aryl methyl sites for hydroxylation is 1. The van der Waals surface area contributed by atoms with Gasteiger partial charge in [0, 0.05) is 18.7 Å². The van der Waals surface area contributed by atoms with Crippen molar-refractivity contribution in [2.24, 2.45) is 5.73 Å². The summed E-state index contributed by atoms with van der Waals surface area (Å²) in [4.78, 5) is 0. The van der Waals surface area contributed by atoms with E-state index < -0.39 is 0 Å². The summed E-state index contributed by atoms with van der Waals surface area (Å²) in [7, 11) is 1.63. The predicted molar refractivity (Wildman–Crippen MR) is 69.7 cm³/mol. The van der Waals surface area contributed by atoms with E-state index in [-0.39, 0.29) is 0 Å². The van der Waals surface area contributed by atoms with Crippen molar-refractivity contribution in [2.75, 3.05) is 7.11 Å². The minimum Gasteiger partial charge on any atom is -0.378 e. The van der Waals surface area contributed by atoms with Crippen LogP contribution in [0.2, 0.25) is 5.02 Å². The summed E-state index contributed by atoms with van der Waals surface area (Å²) < 4.78 is 6.92. The topological polar surface area (TPSA) is 66.0 Å². The molecular weight excluding hydrogens is 252 g/mol. The molecule has 0 radical (unpaired) electrons. The first-order valence-corrected chi connectivity index (χ1v) is 5.94. The second-order valence-electron chi connectivity index (χ2n) is 3.96. The van der Waals surface area contributed by atoms with Gasteiger partial charge in [0.05, 0.1) is 18.0 Å². The number of methoxy groups -OCH3 is 1. The normalized spacial score (nSPS) is 10.9. The molecule has 6 heteroatoms. The van der Waals surface area contributed by atoms with Crippen molar-refractivity contribution in [3.05, 3.63) is 40.2 Å². The van der Waals surface area contributed by atoms with E-state index in [0.717, 1.165) is 22.6 Å². The van der Waals surface area contributed by atoms with Gasteiger partial charge in [-0.25, -0.2) is 4.68 Å². The van der Waals surface area contributed by atoms with Gasteiger partial charge in [-0.05, 0) is 30.7 Å². The summed E-state index contributed by atoms with van der Waals surface area (Å²) in [6, 6.07) is 5.62. The molecule has 5 nitrogen and oxygen atoms in total. The van der Waals surface area contributed by atoms with Gasteiger partial charge in [-0.1, -0.05) is 16.8 Å². The van der Waals surface area contributed by atoms with Crippen molar-refractivity contribution >= 4 is 11.6 Å². The zero-order chi connectivity index (χ0) is 13.1. The van der Waals surface area contributed by atoms with Crippen LogP contribution in [0.25, 0.3) is 5.69 Å². The molecule has 0 unspecified atom stereocenters. The van der Waals surface area contributed by atoms with Crippen LogP contribution in [0.5, 0.6) is 0 Å². The van der Waals surface area contributed by atoms with Gasteiger partial charge in [0.1, 0.15) is 5.69 Å². The summed E-state index contributed by atoms with van der Waals surface area (Å²) in [6.07, 6.45) is 0. The molecule has 1 aromatic heterocycles. The van der Waals surface area contributed by atoms with Gasteiger partial charge in [0.25, 0.3) is 0 Å². The van der Waals surface area contributed by atoms with Gasteiger partial charge < -0.3 is 10.5 Å². The Balaban J connectivity index is 2.52. The van der Waals surface area contributed by atoms with Crippen LogP contribution in [0.1, 0.15) is 17.0 Å². The summed E-state index contributed by atoms with van der Waals surface area (Å²) in [6.45, 7) is 2.73. The fourth-order valence-corrected chi connectivity index (χ4v) is 2.05. The maximum absolute atomic E-state index is 5.95. The van der Waals surface area contributed by atoms with Crippen LogP contribution >= 0.6 is 11.6 Å². The van der Waals surface area contributed by atoms with Crippen LogP contribution in [-0.2, 0) is 17.9 Å². The molecule has 0 aliphatic heterocycles. The smallest absolute Gasteiger partial charge is 0.102 e. The number of hydrogen-bond donors (Lipinski definition) is 1. The third kappa shape index (κ3) is 2.38. The molecule has 0 saturated heterocycles. The maximum Gasteiger partial charge on any atom is 0.102 e. The lowest BCUT2D eigenvalue weighted by atomic mass is 10.2. The van der Waals surface area contributed by atoms with Crippen LogP contribution in [0, 0.1) is 6.92 Å². The average Bonchev–Trinajstić information content (AvgIpc) is 2.73. The molecule has 2 aromatic rings. The lowest BCUT2D eigenvalue weighted by Crippen LogP contribution is -2.08. The number of nitrogens with two attached hydrogens (primary N) is 1. The fraction of sp³-hybridized carbons (Fsp3) is 0.333. The predicted octanol–water partition coefficient (Wildman–Crippen LogP) is 1.83. The molecule has 2 N–H and O–H groups in total. The standard InChI is InChI=1S/C12H15ClN4O/c1-8-5-9(13)3-4-11(8)17-12(7-18-2)10(6-14)15-16-17/h3-5H,6-7,14H2,1-2H3. The lowest BCUT2D eigenvalue weighted by molar-refractivity contribution is 0.178. The molecule has 0 aliphatic rings. The number of ether oxygens (including phenoxy) is 1. The van der Waals surface area contributed by atoms with Gasteiger partial charge >= 0.3 is 0 Å². The first kappa shape index (κ1) is 13.0. The Morgan fingerprint density at radius 1 is 1.44 bits per heavy atom. The highest BCUT2D eigenvalue weighted by atomic mass is 35.5. The van der Waals surface area contributed by atoms with E-state index in [0.29, 0.717) is 18.2 Å². The van der Waals surface area contributed by atoms with Gasteiger partial charge in [-0.2, -0.15) is 0 Å². The second-order valence-corrected chi connectivity index (χ2v) is 4.40. The third-order valence-corrected chi connectivity index (χ3v) is 2.94. The molecule has 0 amide bonds. The Morgan fingerprint density at radius 3 is 2.83 bits per heavy atom. The number of aromatic nitrogens is 3. The number of rotatable bonds is 4. The third-order valence-electron chi connectivity index (χ3n) is 2.71. The van der Waals surface area contributed by atoms with Crippen LogP contribution in [0.15, 0.2) is 18.2 Å². The molecule has 0 aliphatic carbocycles. The molecular formula is C12H15ClN4O. The minimum atomic E-state index is 0.339. The van der Waals surface area contributed by atoms with E-state index >= 15 is 0 Å². The highest BCUT2D eigenvalue weighted by Gasteiger charge is 2.14. The number of halogens is 1. The average molecular weight is 267 g/mol. The monoisotopic (exact) mass is 266 g/mol. The van der Waals surface area contributed by atoms with E-state index in [4.69, 9.17) is 22.1 Å². The Morgan fingerprint density at radius 2 is 2.22 bits per heavy atom. The van der Waals surface area contributed by atoms with E-state index in [1.807, 2.05) is 25.1 Å². The first-order valence-electron chi connectivity index (χ1n) is 5.56. The summed E-state index contributed by atoms with van der Waals surface area (Å²) >= 11 is 5.95. The van der Waals surface area contributed by atoms with Crippen LogP contribution < -0.4 is 5.73 Å². The Hall–Kier alpha value is -1.43. The first-order chi connectivity index (χ1) is 8.67. The Kier molecular flexibility index (Phi) is 3.96. The van der Waals surface area contributed by atoms with Crippen LogP contribution in [0.4, 0.5) is 0 Å². The van der Waals surface area contributed by atoms with Gasteiger partial charge in [-0.3, -0.25) is 0 Å². The van der Waals surface area contributed by atoms with Crippen LogP contribution in [-0.4, -0.2) is 22.1 Å². The van der Waals surface area contributed by atoms with E-state index in [1.165, 1.54) is 0 Å². The summed E-state index contributed by atoms with van der Waals surface area (Å²) in [5, 5.41) is 8.90. The summed E-state index contributed by atoms with van der Waals surface area (Å²) in [5.41, 5.74) is 9.20. The molecule has 0 fully saturated rings. The zero-order valence-electron chi connectivity index (χ0n) is 10.4. The molecule has 1 aromatic carbocycles. The molecule has 0 bridgehead atoms. The Bertz CT molecular complexity index is 553. The van der Waals surface area contributed by atoms with Crippen molar-refractivity contribution in [2.45, 2.75) is 20.1 Å². The molecule has 0 spiro atoms. The van der Waals surface area contributed by atoms with Crippen molar-refractivity contribution in [3.63, 3.8) is 0 Å². The van der Waals surface area contributed by atoms with Crippen molar-refractivity contribution in [1.82, 2.24) is 15.0 Å². The minimum absolute atomic E-state index is 0.339. The maximum atomic E-state index is 5.95. The lowest BCUT2D eigenvalue weighted by Gasteiger charge is -2.09. The zero-order valence-corrected chi connectivity index (χ0v) is 11.1. The molecule has 0 atom stereocenters. The SMILES string of the molecule is COCc1c(CN)nnn1-c1ccc(Cl)cc1C. The highest BCUT2D eigenvalue weighted by Crippen LogP contribution is 2.21. The number of nitrogens with zero attached hydrogens (tertiary/aromatic N) is 3. The highest BCUT2D eigenvalue weighted by molar-refractivity contribution is 6.30. The largest absolute Gasteiger partial charge is 0.378 e. The van der Waals surface area contributed by atoms with Crippen LogP contribution in [0.3, 0.4) is 0 Å². The molecule has 2 rings (SSSR count). The number of hydrogen-bond acceptors (Lipinski definition) is 4. The van der Waals surface area contributed by atoms with Crippen molar-refractivity contribution in [1.29, 1.82) is 0 Å². The fourth-order valence-electron chi connectivity index (χ4n) is 1.82. The van der Waals surface area contributed by atoms with Gasteiger partial charge in [-0.15, -0.1) is 5.10 Å². The van der Waals surface area contributed by atoms with E-state index in [2.05, 4.69) is 10.3 Å². The van der Waals surface area contributed by atoms with E-state index in [9.17, 15) is 0 Å². The molecule has 96 valence electrons. The van der Waals surface area contributed by atoms with E-state index in [1.54, 1.807) is 11.8 Å². The quantitative estimate of drug-likeness (QED) is 0.917. The van der Waals surface area contributed by atoms with Crippen molar-refractivity contribution in [3.8, 4) is 5.69 Å². The molecule has 1 heterocycles. The number of benzene rings is 1. The summed E-state index contributed by atoms with van der Waals surface area (Å²) in [5.74, 6) is 0.